The molecular formula is C3H4BClO2S. The highest BCUT2D eigenvalue weighted by Crippen LogP contribution is 2.41. The fraction of sp³-hybridized carbons (Fsp3) is 1.00. The monoisotopic (exact) mass is 150 g/mol. The molecule has 1 aliphatic carbocycles. The minimum Gasteiger partial charge on any atom is -0.212 e. The second-order valence-corrected chi connectivity index (χ2v) is 4.91. The lowest BCUT2D eigenvalue weighted by Gasteiger charge is -1.98. The Morgan fingerprint density at radius 2 is 1.88 bits per heavy atom. The molecule has 0 spiro atoms. The van der Waals surface area contributed by atoms with Crippen molar-refractivity contribution in [1.29, 1.82) is 0 Å². The molecular weight excluding hydrogens is 146 g/mol. The second-order valence-electron chi connectivity index (χ2n) is 2.00. The summed E-state index contributed by atoms with van der Waals surface area (Å²) in [5.41, 5.74) is 0. The normalized spacial score (nSPS) is 25.1. The molecule has 1 saturated carbocycles. The molecule has 44 valence electrons. The van der Waals surface area contributed by atoms with E-state index in [0.717, 1.165) is 0 Å². The van der Waals surface area contributed by atoms with E-state index in [-0.39, 0.29) is 0 Å². The number of hydrogen-bond acceptors (Lipinski definition) is 2. The molecule has 1 rings (SSSR count). The maximum atomic E-state index is 10.4. The van der Waals surface area contributed by atoms with Crippen molar-refractivity contribution in [3.8, 4) is 0 Å². The van der Waals surface area contributed by atoms with Crippen molar-refractivity contribution in [2.45, 2.75) is 17.5 Å². The molecule has 0 N–H and O–H groups in total. The highest BCUT2D eigenvalue weighted by molar-refractivity contribution is 8.15. The van der Waals surface area contributed by atoms with E-state index in [2.05, 4.69) is 0 Å². The summed E-state index contributed by atoms with van der Waals surface area (Å²) in [6.45, 7) is 0. The van der Waals surface area contributed by atoms with Crippen LogP contribution in [0.2, 0.25) is 0 Å². The smallest absolute Gasteiger partial charge is 0.212 e. The van der Waals surface area contributed by atoms with Crippen LogP contribution in [0.15, 0.2) is 0 Å². The number of hydrogen-bond donors (Lipinski definition) is 0. The summed E-state index contributed by atoms with van der Waals surface area (Å²) in [6, 6.07) is 0. The van der Waals surface area contributed by atoms with Crippen LogP contribution in [0.5, 0.6) is 0 Å². The summed E-state index contributed by atoms with van der Waals surface area (Å²) in [5, 5.41) is 0. The van der Waals surface area contributed by atoms with Gasteiger partial charge >= 0.3 is 0 Å². The summed E-state index contributed by atoms with van der Waals surface area (Å²) < 4.78 is 19.6. The van der Waals surface area contributed by atoms with Gasteiger partial charge in [0.25, 0.3) is 0 Å². The molecule has 1 aliphatic rings. The lowest BCUT2D eigenvalue weighted by Crippen LogP contribution is -2.16. The largest absolute Gasteiger partial charge is 0.229 e. The second kappa shape index (κ2) is 1.42. The van der Waals surface area contributed by atoms with E-state index in [1.807, 2.05) is 0 Å². The average Bonchev–Trinajstić information content (AvgIpc) is 2.16. The Kier molecular flexibility index (Phi) is 1.14. The van der Waals surface area contributed by atoms with Crippen LogP contribution in [-0.4, -0.2) is 20.9 Å². The minimum atomic E-state index is -3.48. The number of halogens is 1. The van der Waals surface area contributed by atoms with Crippen LogP contribution in [0.3, 0.4) is 0 Å². The zero-order valence-electron chi connectivity index (χ0n) is 4.09. The molecule has 0 aliphatic heterocycles. The van der Waals surface area contributed by atoms with Crippen molar-refractivity contribution in [2.24, 2.45) is 0 Å². The van der Waals surface area contributed by atoms with Gasteiger partial charge in [0.15, 0.2) is 0 Å². The first-order valence-corrected chi connectivity index (χ1v) is 4.50. The quantitative estimate of drug-likeness (QED) is 0.396. The summed E-state index contributed by atoms with van der Waals surface area (Å²) in [7, 11) is 6.64. The zero-order valence-corrected chi connectivity index (χ0v) is 5.67. The standard InChI is InChI=1S/C3H4BClO2S/c4-3(1-2-3)8(5,6)7/h1-2H2. The molecule has 0 aromatic heterocycles. The van der Waals surface area contributed by atoms with E-state index in [0.29, 0.717) is 12.8 Å². The molecule has 0 saturated heterocycles. The van der Waals surface area contributed by atoms with E-state index in [1.54, 1.807) is 0 Å². The lowest BCUT2D eigenvalue weighted by atomic mass is 10.0. The van der Waals surface area contributed by atoms with Gasteiger partial charge in [0.1, 0.15) is 0 Å². The third kappa shape index (κ3) is 0.867. The van der Waals surface area contributed by atoms with Crippen molar-refractivity contribution in [3.05, 3.63) is 0 Å². The van der Waals surface area contributed by atoms with Gasteiger partial charge in [-0.3, -0.25) is 0 Å². The molecule has 0 heterocycles. The Labute approximate surface area is 54.0 Å². The molecule has 8 heavy (non-hydrogen) atoms. The van der Waals surface area contributed by atoms with Gasteiger partial charge in [-0.25, -0.2) is 8.42 Å². The molecule has 0 aromatic carbocycles. The van der Waals surface area contributed by atoms with Crippen LogP contribution >= 0.6 is 10.7 Å². The topological polar surface area (TPSA) is 34.1 Å². The molecule has 0 bridgehead atoms. The van der Waals surface area contributed by atoms with Crippen LogP contribution in [0.1, 0.15) is 12.8 Å². The highest BCUT2D eigenvalue weighted by Gasteiger charge is 2.48. The minimum absolute atomic E-state index is 0.499. The SMILES string of the molecule is [B]C1(S(=O)(=O)Cl)CC1. The Morgan fingerprint density at radius 3 is 1.88 bits per heavy atom. The molecule has 2 nitrogen and oxygen atoms in total. The Balaban J connectivity index is 2.90. The molecule has 5 heteroatoms. The van der Waals surface area contributed by atoms with E-state index >= 15 is 0 Å². The summed E-state index contributed by atoms with van der Waals surface area (Å²) in [4.78, 5) is 0. The van der Waals surface area contributed by atoms with Gasteiger partial charge in [-0.1, -0.05) is 0 Å². The van der Waals surface area contributed by atoms with Gasteiger partial charge < -0.3 is 0 Å². The summed E-state index contributed by atoms with van der Waals surface area (Å²) in [5.74, 6) is 0. The maximum absolute atomic E-state index is 10.4. The number of rotatable bonds is 1. The van der Waals surface area contributed by atoms with Crippen molar-refractivity contribution in [2.75, 3.05) is 0 Å². The van der Waals surface area contributed by atoms with Crippen LogP contribution in [0, 0.1) is 0 Å². The predicted octanol–water partition coefficient (Wildman–Crippen LogP) is 0.214. The predicted molar refractivity (Wildman–Crippen MR) is 32.5 cm³/mol. The summed E-state index contributed by atoms with van der Waals surface area (Å²) >= 11 is 0. The molecule has 2 radical (unpaired) electrons. The van der Waals surface area contributed by atoms with E-state index in [9.17, 15) is 8.42 Å². The third-order valence-corrected chi connectivity index (χ3v) is 3.53. The van der Waals surface area contributed by atoms with Crippen LogP contribution in [-0.2, 0) is 9.05 Å². The van der Waals surface area contributed by atoms with Gasteiger partial charge in [0.05, 0.1) is 7.85 Å². The van der Waals surface area contributed by atoms with Crippen molar-refractivity contribution in [3.63, 3.8) is 0 Å². The fourth-order valence-electron chi connectivity index (χ4n) is 0.367. The van der Waals surface area contributed by atoms with Crippen molar-refractivity contribution < 1.29 is 8.42 Å². The van der Waals surface area contributed by atoms with E-state index in [4.69, 9.17) is 18.5 Å². The summed E-state index contributed by atoms with van der Waals surface area (Å²) in [6.07, 6.45) is 0.998. The molecule has 0 aromatic rings. The maximum Gasteiger partial charge on any atom is 0.229 e. The Bertz CT molecular complexity index is 193. The molecule has 0 amide bonds. The first kappa shape index (κ1) is 6.43. The van der Waals surface area contributed by atoms with E-state index in [1.165, 1.54) is 0 Å². The van der Waals surface area contributed by atoms with Crippen molar-refractivity contribution in [1.82, 2.24) is 0 Å². The highest BCUT2D eigenvalue weighted by atomic mass is 35.7. The van der Waals surface area contributed by atoms with Crippen LogP contribution < -0.4 is 0 Å². The molecule has 0 atom stereocenters. The third-order valence-electron chi connectivity index (χ3n) is 1.23. The zero-order chi connectivity index (χ0) is 6.41. The van der Waals surface area contributed by atoms with Gasteiger partial charge in [-0.05, 0) is 12.8 Å². The van der Waals surface area contributed by atoms with Gasteiger partial charge in [0.2, 0.25) is 9.05 Å². The Hall–Kier alpha value is 0.305. The van der Waals surface area contributed by atoms with Gasteiger partial charge in [0, 0.05) is 15.3 Å². The average molecular weight is 150 g/mol. The fourth-order valence-corrected chi connectivity index (χ4v) is 1.42. The van der Waals surface area contributed by atoms with Crippen LogP contribution in [0.4, 0.5) is 0 Å². The van der Waals surface area contributed by atoms with Crippen LogP contribution in [0.25, 0.3) is 0 Å². The van der Waals surface area contributed by atoms with Gasteiger partial charge in [-0.2, -0.15) is 0 Å². The lowest BCUT2D eigenvalue weighted by molar-refractivity contribution is 0.605. The molecule has 1 fully saturated rings. The van der Waals surface area contributed by atoms with Gasteiger partial charge in [-0.15, -0.1) is 0 Å². The van der Waals surface area contributed by atoms with E-state index < -0.39 is 13.7 Å². The Morgan fingerprint density at radius 1 is 1.50 bits per heavy atom. The van der Waals surface area contributed by atoms with Crippen molar-refractivity contribution >= 4 is 27.6 Å². The molecule has 0 unspecified atom stereocenters. The first-order chi connectivity index (χ1) is 3.46. The first-order valence-electron chi connectivity index (χ1n) is 2.19.